The third-order valence-electron chi connectivity index (χ3n) is 4.98. The standard InChI is InChI=1S/C21H34BNO5/c1-15-10-11-16(22-27-20(5,6)21(7,8)28-22)14-17(15)25-13-9-12-23-18(24)26-19(2,3)4/h10-11,14H,9,12-13H2,1-8H3,(H,23,24). The van der Waals surface area contributed by atoms with Gasteiger partial charge < -0.3 is 24.1 Å². The zero-order chi connectivity index (χ0) is 21.2. The highest BCUT2D eigenvalue weighted by Gasteiger charge is 2.51. The Bertz CT molecular complexity index is 681. The van der Waals surface area contributed by atoms with Crippen molar-refractivity contribution >= 4 is 18.7 Å². The van der Waals surface area contributed by atoms with Gasteiger partial charge in [0.15, 0.2) is 0 Å². The molecule has 1 aromatic rings. The third-order valence-corrected chi connectivity index (χ3v) is 4.98. The number of ether oxygens (including phenoxy) is 2. The van der Waals surface area contributed by atoms with Gasteiger partial charge in [-0.3, -0.25) is 0 Å². The molecule has 0 unspecified atom stereocenters. The van der Waals surface area contributed by atoms with Gasteiger partial charge in [0.2, 0.25) is 0 Å². The van der Waals surface area contributed by atoms with Crippen molar-refractivity contribution in [1.29, 1.82) is 0 Å². The van der Waals surface area contributed by atoms with Crippen LogP contribution in [0.3, 0.4) is 0 Å². The molecular weight excluding hydrogens is 357 g/mol. The molecule has 0 aliphatic carbocycles. The van der Waals surface area contributed by atoms with Gasteiger partial charge in [-0.15, -0.1) is 0 Å². The van der Waals surface area contributed by atoms with Crippen molar-refractivity contribution in [3.63, 3.8) is 0 Å². The summed E-state index contributed by atoms with van der Waals surface area (Å²) in [5.74, 6) is 0.796. The van der Waals surface area contributed by atoms with Gasteiger partial charge in [0.1, 0.15) is 11.4 Å². The van der Waals surface area contributed by atoms with E-state index < -0.39 is 18.8 Å². The normalized spacial score (nSPS) is 18.1. The Balaban J connectivity index is 1.87. The van der Waals surface area contributed by atoms with Crippen LogP contribution >= 0.6 is 0 Å². The van der Waals surface area contributed by atoms with Crippen molar-refractivity contribution in [2.24, 2.45) is 0 Å². The molecule has 1 heterocycles. The van der Waals surface area contributed by atoms with Gasteiger partial charge in [-0.1, -0.05) is 12.1 Å². The molecule has 0 spiro atoms. The molecule has 1 aromatic carbocycles. The first-order valence-corrected chi connectivity index (χ1v) is 9.87. The smallest absolute Gasteiger partial charge is 0.493 e. The van der Waals surface area contributed by atoms with Crippen LogP contribution in [-0.4, -0.2) is 43.2 Å². The van der Waals surface area contributed by atoms with Crippen molar-refractivity contribution in [2.75, 3.05) is 13.2 Å². The van der Waals surface area contributed by atoms with Gasteiger partial charge in [0.05, 0.1) is 17.8 Å². The van der Waals surface area contributed by atoms with E-state index in [4.69, 9.17) is 18.8 Å². The van der Waals surface area contributed by atoms with Crippen LogP contribution < -0.4 is 15.5 Å². The Morgan fingerprint density at radius 3 is 2.32 bits per heavy atom. The number of carbonyl (C=O) groups excluding carboxylic acids is 1. The van der Waals surface area contributed by atoms with E-state index in [-0.39, 0.29) is 11.2 Å². The lowest BCUT2D eigenvalue weighted by Gasteiger charge is -2.32. The fourth-order valence-corrected chi connectivity index (χ4v) is 2.66. The van der Waals surface area contributed by atoms with Crippen LogP contribution in [0.1, 0.15) is 60.5 Å². The van der Waals surface area contributed by atoms with Gasteiger partial charge in [-0.2, -0.15) is 0 Å². The minimum atomic E-state index is -0.494. The maximum Gasteiger partial charge on any atom is 0.494 e. The summed E-state index contributed by atoms with van der Waals surface area (Å²) in [5, 5.41) is 2.73. The van der Waals surface area contributed by atoms with Crippen molar-refractivity contribution in [3.05, 3.63) is 23.8 Å². The zero-order valence-electron chi connectivity index (χ0n) is 18.5. The van der Waals surface area contributed by atoms with Gasteiger partial charge in [0.25, 0.3) is 0 Å². The van der Waals surface area contributed by atoms with E-state index in [1.165, 1.54) is 0 Å². The first-order chi connectivity index (χ1) is 12.8. The molecule has 0 radical (unpaired) electrons. The van der Waals surface area contributed by atoms with Gasteiger partial charge >= 0.3 is 13.2 Å². The molecule has 28 heavy (non-hydrogen) atoms. The number of hydrogen-bond acceptors (Lipinski definition) is 5. The first kappa shape index (κ1) is 22.6. The van der Waals surface area contributed by atoms with E-state index in [2.05, 4.69) is 5.32 Å². The summed E-state index contributed by atoms with van der Waals surface area (Å²) in [6.45, 7) is 16.7. The third kappa shape index (κ3) is 5.88. The lowest BCUT2D eigenvalue weighted by molar-refractivity contribution is 0.00578. The Morgan fingerprint density at radius 2 is 1.75 bits per heavy atom. The lowest BCUT2D eigenvalue weighted by Crippen LogP contribution is -2.41. The second-order valence-corrected chi connectivity index (χ2v) is 9.24. The van der Waals surface area contributed by atoms with Crippen molar-refractivity contribution < 1.29 is 23.6 Å². The number of hydrogen-bond donors (Lipinski definition) is 1. The maximum atomic E-state index is 11.6. The second-order valence-electron chi connectivity index (χ2n) is 9.24. The number of aryl methyl sites for hydroxylation is 1. The summed E-state index contributed by atoms with van der Waals surface area (Å²) in [4.78, 5) is 11.6. The van der Waals surface area contributed by atoms with E-state index in [0.29, 0.717) is 19.6 Å². The van der Waals surface area contributed by atoms with E-state index in [0.717, 1.165) is 16.8 Å². The summed E-state index contributed by atoms with van der Waals surface area (Å²) < 4.78 is 23.4. The number of carbonyl (C=O) groups is 1. The average Bonchev–Trinajstić information content (AvgIpc) is 2.75. The number of alkyl carbamates (subject to hydrolysis) is 1. The zero-order valence-corrected chi connectivity index (χ0v) is 18.5. The van der Waals surface area contributed by atoms with Crippen LogP contribution in [-0.2, 0) is 14.0 Å². The largest absolute Gasteiger partial charge is 0.494 e. The molecule has 1 aliphatic rings. The Kier molecular flexibility index (Phi) is 6.72. The van der Waals surface area contributed by atoms with Crippen LogP contribution in [0.15, 0.2) is 18.2 Å². The Labute approximate surface area is 169 Å². The minimum Gasteiger partial charge on any atom is -0.493 e. The van der Waals surface area contributed by atoms with E-state index in [1.54, 1.807) is 0 Å². The molecule has 6 nitrogen and oxygen atoms in total. The Hall–Kier alpha value is -1.73. The maximum absolute atomic E-state index is 11.6. The predicted molar refractivity (Wildman–Crippen MR) is 111 cm³/mol. The first-order valence-electron chi connectivity index (χ1n) is 9.87. The molecule has 0 saturated carbocycles. The summed E-state index contributed by atoms with van der Waals surface area (Å²) in [7, 11) is -0.415. The van der Waals surface area contributed by atoms with E-state index in [9.17, 15) is 4.79 Å². The van der Waals surface area contributed by atoms with E-state index in [1.807, 2.05) is 73.6 Å². The molecule has 2 rings (SSSR count). The monoisotopic (exact) mass is 391 g/mol. The predicted octanol–water partition coefficient (Wildman–Crippen LogP) is 3.59. The summed E-state index contributed by atoms with van der Waals surface area (Å²) >= 11 is 0. The van der Waals surface area contributed by atoms with Crippen LogP contribution in [0.5, 0.6) is 5.75 Å². The molecule has 1 saturated heterocycles. The van der Waals surface area contributed by atoms with Crippen LogP contribution in [0.2, 0.25) is 0 Å². The molecule has 0 aromatic heterocycles. The fraction of sp³-hybridized carbons (Fsp3) is 0.667. The van der Waals surface area contributed by atoms with Crippen molar-refractivity contribution in [3.8, 4) is 5.75 Å². The lowest BCUT2D eigenvalue weighted by atomic mass is 9.78. The quantitative estimate of drug-likeness (QED) is 0.593. The summed E-state index contributed by atoms with van der Waals surface area (Å²) in [6.07, 6.45) is 0.269. The fourth-order valence-electron chi connectivity index (χ4n) is 2.66. The average molecular weight is 391 g/mol. The molecule has 0 atom stereocenters. The highest BCUT2D eigenvalue weighted by Crippen LogP contribution is 2.36. The number of rotatable bonds is 6. The molecule has 7 heteroatoms. The van der Waals surface area contributed by atoms with E-state index >= 15 is 0 Å². The van der Waals surface area contributed by atoms with Gasteiger partial charge in [0, 0.05) is 6.54 Å². The van der Waals surface area contributed by atoms with Crippen LogP contribution in [0.25, 0.3) is 0 Å². The van der Waals surface area contributed by atoms with Crippen molar-refractivity contribution in [1.82, 2.24) is 5.32 Å². The molecular formula is C21H34BNO5. The topological polar surface area (TPSA) is 66.0 Å². The van der Waals surface area contributed by atoms with Gasteiger partial charge in [-0.05, 0) is 78.9 Å². The number of benzene rings is 1. The highest BCUT2D eigenvalue weighted by atomic mass is 16.7. The molecule has 156 valence electrons. The van der Waals surface area contributed by atoms with Crippen molar-refractivity contribution in [2.45, 2.75) is 78.6 Å². The molecule has 1 fully saturated rings. The molecule has 1 aliphatic heterocycles. The summed E-state index contributed by atoms with van der Waals surface area (Å²) in [6, 6.07) is 5.99. The van der Waals surface area contributed by atoms with Crippen LogP contribution in [0.4, 0.5) is 4.79 Å². The Morgan fingerprint density at radius 1 is 1.14 bits per heavy atom. The number of nitrogens with one attached hydrogen (secondary N) is 1. The number of amides is 1. The molecule has 1 amide bonds. The molecule has 1 N–H and O–H groups in total. The summed E-state index contributed by atoms with van der Waals surface area (Å²) in [5.41, 5.74) is 0.728. The second kappa shape index (κ2) is 8.33. The minimum absolute atomic E-state index is 0.378. The SMILES string of the molecule is Cc1ccc(B2OC(C)(C)C(C)(C)O2)cc1OCCCNC(=O)OC(C)(C)C. The van der Waals surface area contributed by atoms with Crippen LogP contribution in [0, 0.1) is 6.92 Å². The van der Waals surface area contributed by atoms with Gasteiger partial charge in [-0.25, -0.2) is 4.79 Å². The molecule has 0 bridgehead atoms. The highest BCUT2D eigenvalue weighted by molar-refractivity contribution is 6.62.